The minimum Gasteiger partial charge on any atom is -0.362 e. The molecular formula is C30H32F2N6O. The molecule has 0 spiro atoms. The SMILES string of the molecule is CC(n1nnnc1CCN1CCN(C(c2ccccc2)c2ccccc2)CC1)C1(c2ccc(F)cc2F)CO1. The van der Waals surface area contributed by atoms with Gasteiger partial charge in [-0.25, -0.2) is 13.5 Å². The van der Waals surface area contributed by atoms with E-state index in [-0.39, 0.29) is 12.1 Å². The van der Waals surface area contributed by atoms with E-state index in [2.05, 4.69) is 86.0 Å². The van der Waals surface area contributed by atoms with Gasteiger partial charge in [0.2, 0.25) is 0 Å². The van der Waals surface area contributed by atoms with Gasteiger partial charge >= 0.3 is 0 Å². The molecule has 0 saturated carbocycles. The van der Waals surface area contributed by atoms with Gasteiger partial charge in [0.1, 0.15) is 17.2 Å². The van der Waals surface area contributed by atoms with Crippen LogP contribution in [0.4, 0.5) is 8.78 Å². The summed E-state index contributed by atoms with van der Waals surface area (Å²) in [7, 11) is 0. The van der Waals surface area contributed by atoms with E-state index >= 15 is 0 Å². The fraction of sp³-hybridized carbons (Fsp3) is 0.367. The van der Waals surface area contributed by atoms with Gasteiger partial charge in [-0.1, -0.05) is 66.7 Å². The van der Waals surface area contributed by atoms with Crippen molar-refractivity contribution < 1.29 is 13.5 Å². The third kappa shape index (κ3) is 5.22. The van der Waals surface area contributed by atoms with E-state index in [1.54, 1.807) is 4.68 Å². The third-order valence-electron chi connectivity index (χ3n) is 8.10. The molecule has 0 radical (unpaired) electrons. The first-order chi connectivity index (χ1) is 19.0. The number of aromatic nitrogens is 4. The Morgan fingerprint density at radius 2 is 1.54 bits per heavy atom. The Hall–Kier alpha value is -3.53. The minimum atomic E-state index is -0.891. The molecule has 202 valence electrons. The molecule has 0 amide bonds. The van der Waals surface area contributed by atoms with Crippen LogP contribution in [0, 0.1) is 11.6 Å². The molecule has 4 aromatic rings. The van der Waals surface area contributed by atoms with Crippen molar-refractivity contribution in [3.8, 4) is 0 Å². The quantitative estimate of drug-likeness (QED) is 0.299. The van der Waals surface area contributed by atoms with Crippen molar-refractivity contribution in [2.75, 3.05) is 39.3 Å². The molecule has 9 heteroatoms. The third-order valence-corrected chi connectivity index (χ3v) is 8.10. The number of hydrogen-bond acceptors (Lipinski definition) is 6. The summed E-state index contributed by atoms with van der Waals surface area (Å²) >= 11 is 0. The maximum Gasteiger partial charge on any atom is 0.153 e. The predicted octanol–water partition coefficient (Wildman–Crippen LogP) is 4.39. The first kappa shape index (κ1) is 25.7. The fourth-order valence-corrected chi connectivity index (χ4v) is 5.80. The largest absolute Gasteiger partial charge is 0.362 e. The van der Waals surface area contributed by atoms with Crippen LogP contribution in [0.15, 0.2) is 78.9 Å². The zero-order valence-electron chi connectivity index (χ0n) is 22.0. The van der Waals surface area contributed by atoms with E-state index in [9.17, 15) is 8.78 Å². The predicted molar refractivity (Wildman–Crippen MR) is 143 cm³/mol. The second-order valence-corrected chi connectivity index (χ2v) is 10.4. The summed E-state index contributed by atoms with van der Waals surface area (Å²) in [4.78, 5) is 5.00. The second-order valence-electron chi connectivity index (χ2n) is 10.4. The van der Waals surface area contributed by atoms with Crippen LogP contribution in [-0.4, -0.2) is 69.3 Å². The lowest BCUT2D eigenvalue weighted by molar-refractivity contribution is 0.109. The molecule has 2 unspecified atom stereocenters. The number of nitrogens with zero attached hydrogens (tertiary/aromatic N) is 6. The molecule has 0 bridgehead atoms. The van der Waals surface area contributed by atoms with Gasteiger partial charge in [0.05, 0.1) is 18.7 Å². The van der Waals surface area contributed by atoms with Gasteiger partial charge in [0.15, 0.2) is 5.82 Å². The van der Waals surface area contributed by atoms with Gasteiger partial charge in [-0.2, -0.15) is 0 Å². The molecule has 2 aliphatic rings. The first-order valence-corrected chi connectivity index (χ1v) is 13.5. The average molecular weight is 531 g/mol. The van der Waals surface area contributed by atoms with Crippen LogP contribution in [0.1, 0.15) is 41.5 Å². The summed E-state index contributed by atoms with van der Waals surface area (Å²) in [6.45, 7) is 6.88. The minimum absolute atomic E-state index is 0.226. The van der Waals surface area contributed by atoms with Crippen molar-refractivity contribution in [2.24, 2.45) is 0 Å². The molecule has 3 heterocycles. The number of ether oxygens (including phenoxy) is 1. The van der Waals surface area contributed by atoms with Crippen molar-refractivity contribution >= 4 is 0 Å². The van der Waals surface area contributed by atoms with E-state index in [4.69, 9.17) is 4.74 Å². The molecule has 2 saturated heterocycles. The van der Waals surface area contributed by atoms with Gasteiger partial charge in [-0.15, -0.1) is 5.10 Å². The fourth-order valence-electron chi connectivity index (χ4n) is 5.80. The summed E-state index contributed by atoms with van der Waals surface area (Å²) < 4.78 is 35.6. The van der Waals surface area contributed by atoms with Crippen molar-refractivity contribution in [1.82, 2.24) is 30.0 Å². The van der Waals surface area contributed by atoms with Gasteiger partial charge in [0.25, 0.3) is 0 Å². The highest BCUT2D eigenvalue weighted by molar-refractivity contribution is 5.32. The van der Waals surface area contributed by atoms with E-state index in [1.165, 1.54) is 23.3 Å². The lowest BCUT2D eigenvalue weighted by Crippen LogP contribution is -2.48. The topological polar surface area (TPSA) is 62.6 Å². The smallest absolute Gasteiger partial charge is 0.153 e. The van der Waals surface area contributed by atoms with Gasteiger partial charge in [-0.05, 0) is 34.5 Å². The van der Waals surface area contributed by atoms with Crippen LogP contribution >= 0.6 is 0 Å². The van der Waals surface area contributed by atoms with Crippen LogP contribution in [0.3, 0.4) is 0 Å². The Labute approximate surface area is 227 Å². The summed E-state index contributed by atoms with van der Waals surface area (Å²) in [6, 6.07) is 24.9. The second kappa shape index (κ2) is 10.9. The Balaban J connectivity index is 1.10. The molecule has 1 aromatic heterocycles. The highest BCUT2D eigenvalue weighted by Gasteiger charge is 2.54. The lowest BCUT2D eigenvalue weighted by Gasteiger charge is -2.39. The zero-order valence-corrected chi connectivity index (χ0v) is 22.0. The molecule has 0 aliphatic carbocycles. The molecule has 2 atom stereocenters. The van der Waals surface area contributed by atoms with Crippen LogP contribution < -0.4 is 0 Å². The number of piperazine rings is 1. The Morgan fingerprint density at radius 1 is 0.897 bits per heavy atom. The summed E-state index contributed by atoms with van der Waals surface area (Å²) in [6.07, 6.45) is 0.667. The molecule has 2 fully saturated rings. The zero-order chi connectivity index (χ0) is 26.8. The van der Waals surface area contributed by atoms with Crippen molar-refractivity contribution in [1.29, 1.82) is 0 Å². The summed E-state index contributed by atoms with van der Waals surface area (Å²) in [5.74, 6) is -0.494. The normalized spacial score (nSPS) is 20.8. The van der Waals surface area contributed by atoms with Gasteiger partial charge < -0.3 is 9.64 Å². The Morgan fingerprint density at radius 3 is 2.13 bits per heavy atom. The van der Waals surface area contributed by atoms with Gasteiger partial charge in [-0.3, -0.25) is 4.90 Å². The molecular weight excluding hydrogens is 498 g/mol. The number of rotatable bonds is 9. The summed E-state index contributed by atoms with van der Waals surface area (Å²) in [5, 5.41) is 12.4. The van der Waals surface area contributed by atoms with Crippen LogP contribution in [0.2, 0.25) is 0 Å². The van der Waals surface area contributed by atoms with E-state index in [0.717, 1.165) is 44.6 Å². The van der Waals surface area contributed by atoms with Crippen LogP contribution in [-0.2, 0) is 16.8 Å². The van der Waals surface area contributed by atoms with E-state index in [1.807, 2.05) is 6.92 Å². The summed E-state index contributed by atoms with van der Waals surface area (Å²) in [5.41, 5.74) is 2.05. The number of benzene rings is 3. The maximum atomic E-state index is 14.6. The van der Waals surface area contributed by atoms with Crippen molar-refractivity contribution in [2.45, 2.75) is 31.0 Å². The molecule has 6 rings (SSSR count). The van der Waals surface area contributed by atoms with Crippen molar-refractivity contribution in [3.05, 3.63) is 113 Å². The molecule has 3 aromatic carbocycles. The Kier molecular flexibility index (Phi) is 7.20. The molecule has 7 nitrogen and oxygen atoms in total. The average Bonchev–Trinajstić information content (AvgIpc) is 3.63. The number of halogens is 2. The van der Waals surface area contributed by atoms with Crippen LogP contribution in [0.25, 0.3) is 0 Å². The standard InChI is InChI=1S/C30H32F2N6O/c1-22(30(21-39-30)26-13-12-25(31)20-27(26)32)38-28(33-34-35-38)14-15-36-16-18-37(19-17-36)29(23-8-4-2-5-9-23)24-10-6-3-7-11-24/h2-13,20,22,29H,14-19,21H2,1H3. The van der Waals surface area contributed by atoms with E-state index in [0.29, 0.717) is 18.6 Å². The molecule has 2 aliphatic heterocycles. The van der Waals surface area contributed by atoms with Gasteiger partial charge in [0, 0.05) is 50.8 Å². The molecule has 39 heavy (non-hydrogen) atoms. The number of epoxide rings is 1. The van der Waals surface area contributed by atoms with Crippen molar-refractivity contribution in [3.63, 3.8) is 0 Å². The Bertz CT molecular complexity index is 1350. The van der Waals surface area contributed by atoms with Crippen LogP contribution in [0.5, 0.6) is 0 Å². The first-order valence-electron chi connectivity index (χ1n) is 13.5. The highest BCUT2D eigenvalue weighted by atomic mass is 19.1. The monoisotopic (exact) mass is 530 g/mol. The number of hydrogen-bond donors (Lipinski definition) is 0. The highest BCUT2D eigenvalue weighted by Crippen LogP contribution is 2.48. The van der Waals surface area contributed by atoms with E-state index < -0.39 is 17.2 Å². The maximum absolute atomic E-state index is 14.6. The molecule has 0 N–H and O–H groups in total. The number of tetrazole rings is 1. The lowest BCUT2D eigenvalue weighted by atomic mass is 9.92.